The second-order valence-electron chi connectivity index (χ2n) is 4.54. The summed E-state index contributed by atoms with van der Waals surface area (Å²) in [5.74, 6) is 0. The van der Waals surface area contributed by atoms with E-state index in [1.165, 1.54) is 5.56 Å². The van der Waals surface area contributed by atoms with Gasteiger partial charge in [-0.3, -0.25) is 0 Å². The normalized spacial score (nSPS) is 11.6. The van der Waals surface area contributed by atoms with Gasteiger partial charge in [-0.25, -0.2) is 0 Å². The Morgan fingerprint density at radius 3 is 2.23 bits per heavy atom. The maximum atomic E-state index is 5.68. The van der Waals surface area contributed by atoms with Crippen molar-refractivity contribution in [2.24, 2.45) is 0 Å². The Labute approximate surface area is 85.0 Å². The van der Waals surface area contributed by atoms with Gasteiger partial charge in [-0.2, -0.15) is 0 Å². The van der Waals surface area contributed by atoms with Crippen LogP contribution in [0.15, 0.2) is 30.3 Å². The van der Waals surface area contributed by atoms with E-state index < -0.39 is 18.4 Å². The molecule has 72 valence electrons. The quantitative estimate of drug-likeness (QED) is 0.772. The molecule has 0 aromatic heterocycles. The van der Waals surface area contributed by atoms with Gasteiger partial charge >= 0.3 is 85.1 Å². The van der Waals surface area contributed by atoms with E-state index in [1.54, 1.807) is 0 Å². The number of hydrogen-bond acceptors (Lipinski definition) is 1. The monoisotopic (exact) mass is 286 g/mol. The van der Waals surface area contributed by atoms with Gasteiger partial charge < -0.3 is 0 Å². The fourth-order valence-corrected chi connectivity index (χ4v) is 3.09. The van der Waals surface area contributed by atoms with Gasteiger partial charge in [0.2, 0.25) is 0 Å². The summed E-state index contributed by atoms with van der Waals surface area (Å²) >= 11 is -1.69. The predicted octanol–water partition coefficient (Wildman–Crippen LogP) is 3.08. The molecule has 1 rings (SSSR count). The van der Waals surface area contributed by atoms with E-state index in [1.807, 2.05) is 6.07 Å². The van der Waals surface area contributed by atoms with Crippen molar-refractivity contribution < 1.29 is 4.74 Å². The van der Waals surface area contributed by atoms with E-state index in [0.29, 0.717) is 0 Å². The Kier molecular flexibility index (Phi) is 4.26. The molecule has 2 heteroatoms. The van der Waals surface area contributed by atoms with Crippen molar-refractivity contribution in [3.8, 4) is 0 Å². The first-order valence-electron chi connectivity index (χ1n) is 4.70. The second-order valence-corrected chi connectivity index (χ2v) is 20.0. The minimum absolute atomic E-state index is 0.773. The van der Waals surface area contributed by atoms with Gasteiger partial charge in [-0.1, -0.05) is 0 Å². The summed E-state index contributed by atoms with van der Waals surface area (Å²) in [7, 11) is 0. The van der Waals surface area contributed by atoms with E-state index >= 15 is 0 Å². The Morgan fingerprint density at radius 1 is 1.08 bits per heavy atom. The third-order valence-electron chi connectivity index (χ3n) is 1.65. The Bertz CT molecular complexity index is 238. The van der Waals surface area contributed by atoms with Crippen LogP contribution in [-0.2, 0) is 11.3 Å². The SMILES string of the molecule is [CH3][Sn]([CH3])([CH3])[CH2]OCc1ccccc1. The second kappa shape index (κ2) is 5.01. The van der Waals surface area contributed by atoms with E-state index in [0.717, 1.165) is 11.2 Å². The van der Waals surface area contributed by atoms with Gasteiger partial charge in [0, 0.05) is 0 Å². The van der Waals surface area contributed by atoms with Crippen molar-refractivity contribution in [3.05, 3.63) is 35.9 Å². The molecule has 13 heavy (non-hydrogen) atoms. The summed E-state index contributed by atoms with van der Waals surface area (Å²) in [6.45, 7) is 0.773. The van der Waals surface area contributed by atoms with Crippen LogP contribution < -0.4 is 0 Å². The van der Waals surface area contributed by atoms with Crippen LogP contribution in [0.4, 0.5) is 0 Å². The van der Waals surface area contributed by atoms with Crippen molar-refractivity contribution >= 4 is 18.4 Å². The Hall–Kier alpha value is -0.0213. The van der Waals surface area contributed by atoms with Crippen LogP contribution in [0.3, 0.4) is 0 Å². The summed E-state index contributed by atoms with van der Waals surface area (Å²) in [4.78, 5) is 7.17. The number of rotatable bonds is 4. The Balaban J connectivity index is 2.29. The zero-order chi connectivity index (χ0) is 9.73. The number of benzene rings is 1. The summed E-state index contributed by atoms with van der Waals surface area (Å²) in [5.41, 5.74) is 1.28. The molecule has 0 fully saturated rings. The van der Waals surface area contributed by atoms with Gasteiger partial charge in [0.1, 0.15) is 0 Å². The standard InChI is InChI=1S/C8H9O.3CH3.Sn/c1-9-7-8-5-3-2-4-6-8;;;;/h2-6H,1,7H2;3*1H3;. The third kappa shape index (κ3) is 5.32. The molecule has 0 N–H and O–H groups in total. The number of hydrogen-bond donors (Lipinski definition) is 0. The van der Waals surface area contributed by atoms with Crippen LogP contribution in [-0.4, -0.2) is 23.0 Å². The van der Waals surface area contributed by atoms with Gasteiger partial charge in [0.05, 0.1) is 0 Å². The van der Waals surface area contributed by atoms with Gasteiger partial charge in [-0.15, -0.1) is 0 Å². The van der Waals surface area contributed by atoms with E-state index in [9.17, 15) is 0 Å². The molecule has 0 unspecified atom stereocenters. The van der Waals surface area contributed by atoms with Crippen molar-refractivity contribution in [3.63, 3.8) is 0 Å². The van der Waals surface area contributed by atoms with Crippen molar-refractivity contribution in [1.82, 2.24) is 0 Å². The van der Waals surface area contributed by atoms with Gasteiger partial charge in [0.15, 0.2) is 0 Å². The van der Waals surface area contributed by atoms with Gasteiger partial charge in [0.25, 0.3) is 0 Å². The molecule has 1 aromatic rings. The number of ether oxygens (including phenoxy) is 1. The summed E-state index contributed by atoms with van der Waals surface area (Å²) < 4.78 is 6.69. The molecule has 0 bridgehead atoms. The fourth-order valence-electron chi connectivity index (χ4n) is 1.05. The van der Waals surface area contributed by atoms with Crippen LogP contribution >= 0.6 is 0 Å². The molecule has 0 aliphatic heterocycles. The molecular formula is C11H18OSn. The van der Waals surface area contributed by atoms with Crippen LogP contribution in [0.5, 0.6) is 0 Å². The molecule has 0 heterocycles. The zero-order valence-corrected chi connectivity index (χ0v) is 11.6. The molecule has 0 saturated carbocycles. The molecular weight excluding hydrogens is 267 g/mol. The van der Waals surface area contributed by atoms with Crippen LogP contribution in [0.25, 0.3) is 0 Å². The first kappa shape index (κ1) is 11.1. The minimum atomic E-state index is -1.69. The molecule has 0 aliphatic carbocycles. The molecule has 0 spiro atoms. The van der Waals surface area contributed by atoms with Gasteiger partial charge in [-0.05, 0) is 0 Å². The van der Waals surface area contributed by atoms with Crippen molar-refractivity contribution in [2.75, 3.05) is 4.62 Å². The molecule has 0 aliphatic rings. The van der Waals surface area contributed by atoms with E-state index in [-0.39, 0.29) is 0 Å². The van der Waals surface area contributed by atoms with Crippen LogP contribution in [0, 0.1) is 0 Å². The topological polar surface area (TPSA) is 9.23 Å². The maximum absolute atomic E-state index is 5.68. The average Bonchev–Trinajstić information content (AvgIpc) is 2.04. The Morgan fingerprint density at radius 2 is 1.69 bits per heavy atom. The van der Waals surface area contributed by atoms with Crippen molar-refractivity contribution in [1.29, 1.82) is 0 Å². The predicted molar refractivity (Wildman–Crippen MR) is 59.4 cm³/mol. The fraction of sp³-hybridized carbons (Fsp3) is 0.455. The average molecular weight is 285 g/mol. The molecule has 0 radical (unpaired) electrons. The molecule has 0 atom stereocenters. The van der Waals surface area contributed by atoms with E-state index in [2.05, 4.69) is 39.1 Å². The van der Waals surface area contributed by atoms with Crippen LogP contribution in [0.1, 0.15) is 5.56 Å². The first-order chi connectivity index (χ1) is 6.08. The van der Waals surface area contributed by atoms with Crippen LogP contribution in [0.2, 0.25) is 14.8 Å². The third-order valence-corrected chi connectivity index (χ3v) is 4.70. The first-order valence-corrected chi connectivity index (χ1v) is 15.3. The van der Waals surface area contributed by atoms with Crippen molar-refractivity contribution in [2.45, 2.75) is 21.4 Å². The molecule has 1 aromatic carbocycles. The molecule has 0 amide bonds. The molecule has 0 saturated heterocycles. The van der Waals surface area contributed by atoms with E-state index in [4.69, 9.17) is 4.74 Å². The summed E-state index contributed by atoms with van der Waals surface area (Å²) in [5, 5.41) is 0. The zero-order valence-electron chi connectivity index (χ0n) is 8.71. The summed E-state index contributed by atoms with van der Waals surface area (Å²) in [6, 6.07) is 10.4. The molecule has 1 nitrogen and oxygen atoms in total. The summed E-state index contributed by atoms with van der Waals surface area (Å²) in [6.07, 6.45) is 0.